The van der Waals surface area contributed by atoms with Gasteiger partial charge in [-0.05, 0) is 56.0 Å². The predicted molar refractivity (Wildman–Crippen MR) is 269 cm³/mol. The van der Waals surface area contributed by atoms with Crippen molar-refractivity contribution in [2.45, 2.75) is 175 Å². The van der Waals surface area contributed by atoms with E-state index >= 15 is 0 Å². The molecule has 65 heavy (non-hydrogen) atoms. The summed E-state index contributed by atoms with van der Waals surface area (Å²) in [5, 5.41) is 14.3. The number of ether oxygens (including phenoxy) is 4. The lowest BCUT2D eigenvalue weighted by Crippen LogP contribution is -2.25. The van der Waals surface area contributed by atoms with Crippen LogP contribution < -0.4 is 29.8 Å². The van der Waals surface area contributed by atoms with Crippen molar-refractivity contribution in [1.29, 1.82) is 0 Å². The van der Waals surface area contributed by atoms with Gasteiger partial charge in [-0.25, -0.2) is 0 Å². The average molecular weight is 917 g/mol. The van der Waals surface area contributed by atoms with Crippen LogP contribution in [0.15, 0.2) is 45.8 Å². The molecule has 360 valence electrons. The number of aryl methyl sites for hydroxylation is 1. The molecule has 4 rings (SSSR count). The smallest absolute Gasteiger partial charge is 0.266 e. The predicted octanol–water partition coefficient (Wildman–Crippen LogP) is 13.8. The second kappa shape index (κ2) is 29.9. The van der Waals surface area contributed by atoms with Crippen LogP contribution in [0.25, 0.3) is 0 Å². The molecule has 2 heterocycles. The van der Waals surface area contributed by atoms with Crippen LogP contribution in [0, 0.1) is 4.77 Å². The van der Waals surface area contributed by atoms with Gasteiger partial charge in [0.15, 0.2) is 22.1 Å². The number of hydrogen-bond acceptors (Lipinski definition) is 10. The van der Waals surface area contributed by atoms with E-state index in [4.69, 9.17) is 36.2 Å². The van der Waals surface area contributed by atoms with Gasteiger partial charge in [0.25, 0.3) is 5.56 Å². The SMILES string of the molecule is CCCCCCCCOc1cc2c(cc1CCCCCC)C(=O)/C(=C/Nc1cc(OCCCCCCCC)c(OCCCCCCCC)cc1N=Cc1c(O)n(C)c(=S)n(C)c1=O)CO2. The van der Waals surface area contributed by atoms with Crippen molar-refractivity contribution in [2.75, 3.05) is 31.7 Å². The Balaban J connectivity index is 1.67. The molecule has 0 saturated carbocycles. The van der Waals surface area contributed by atoms with Gasteiger partial charge < -0.3 is 29.4 Å². The van der Waals surface area contributed by atoms with E-state index in [1.165, 1.54) is 86.0 Å². The maximum Gasteiger partial charge on any atom is 0.266 e. The third-order valence-electron chi connectivity index (χ3n) is 12.1. The highest BCUT2D eigenvalue weighted by atomic mass is 32.1. The van der Waals surface area contributed by atoms with Crippen LogP contribution >= 0.6 is 12.2 Å². The summed E-state index contributed by atoms with van der Waals surface area (Å²) in [5.74, 6) is 2.02. The van der Waals surface area contributed by atoms with Crippen LogP contribution in [0.2, 0.25) is 0 Å². The van der Waals surface area contributed by atoms with Crippen molar-refractivity contribution >= 4 is 35.6 Å². The quantitative estimate of drug-likeness (QED) is 0.0266. The minimum absolute atomic E-state index is 0.0147. The van der Waals surface area contributed by atoms with Crippen molar-refractivity contribution in [3.8, 4) is 28.9 Å². The standard InChI is InChI=1S/C53H80N4O7S/c1-7-11-15-19-22-26-30-61-46-36-47-42(33-40(46)29-25-18-14-10-4)50(58)41(39-64-47)37-54-44-34-48(62-31-27-23-20-16-12-8-2)49(63-32-28-24-21-17-13-9-3)35-45(44)55-38-43-51(59)56(5)53(65)57(6)52(43)60/h33-38,54,59H,7-32,39H2,1-6H3/b41-37+,55-38?. The van der Waals surface area contributed by atoms with Gasteiger partial charge in [-0.15, -0.1) is 0 Å². The molecule has 1 aromatic heterocycles. The second-order valence-electron chi connectivity index (χ2n) is 17.6. The molecule has 0 atom stereocenters. The highest BCUT2D eigenvalue weighted by Gasteiger charge is 2.26. The average Bonchev–Trinajstić information content (AvgIpc) is 3.31. The minimum Gasteiger partial charge on any atom is -0.494 e. The van der Waals surface area contributed by atoms with Crippen molar-refractivity contribution in [3.05, 3.63) is 67.9 Å². The summed E-state index contributed by atoms with van der Waals surface area (Å²) in [7, 11) is 3.16. The van der Waals surface area contributed by atoms with Crippen LogP contribution in [0.5, 0.6) is 28.9 Å². The van der Waals surface area contributed by atoms with E-state index in [9.17, 15) is 14.7 Å². The summed E-state index contributed by atoms with van der Waals surface area (Å²) >= 11 is 5.35. The van der Waals surface area contributed by atoms with Gasteiger partial charge in [-0.1, -0.05) is 143 Å². The van der Waals surface area contributed by atoms with E-state index in [2.05, 4.69) is 33.0 Å². The highest BCUT2D eigenvalue weighted by molar-refractivity contribution is 7.71. The molecule has 11 nitrogen and oxygen atoms in total. The molecule has 0 bridgehead atoms. The van der Waals surface area contributed by atoms with Gasteiger partial charge in [0, 0.05) is 44.7 Å². The number of carbonyl (C=O) groups excluding carboxylic acids is 1. The lowest BCUT2D eigenvalue weighted by molar-refractivity contribution is 0.0998. The maximum atomic E-state index is 14.3. The number of hydrogen-bond donors (Lipinski definition) is 2. The lowest BCUT2D eigenvalue weighted by atomic mass is 9.96. The summed E-state index contributed by atoms with van der Waals surface area (Å²) in [5.41, 5.74) is 2.45. The molecule has 0 unspecified atom stereocenters. The number of nitrogens with zero attached hydrogens (tertiary/aromatic N) is 3. The van der Waals surface area contributed by atoms with E-state index in [1.807, 2.05) is 18.2 Å². The molecule has 0 saturated heterocycles. The number of aromatic hydroxyl groups is 1. The number of unbranched alkanes of at least 4 members (excludes halogenated alkanes) is 18. The third kappa shape index (κ3) is 17.0. The number of benzene rings is 2. The summed E-state index contributed by atoms with van der Waals surface area (Å²) in [6.45, 7) is 10.6. The van der Waals surface area contributed by atoms with Crippen LogP contribution in [-0.4, -0.2) is 52.7 Å². The molecular weight excluding hydrogens is 837 g/mol. The molecule has 1 aliphatic heterocycles. The summed E-state index contributed by atoms with van der Waals surface area (Å²) in [6, 6.07) is 7.51. The van der Waals surface area contributed by atoms with Gasteiger partial charge in [-0.2, -0.15) is 0 Å². The first-order valence-corrected chi connectivity index (χ1v) is 25.4. The fourth-order valence-corrected chi connectivity index (χ4v) is 8.11. The zero-order valence-electron chi connectivity index (χ0n) is 40.7. The number of aromatic nitrogens is 2. The number of aliphatic imine (C=N–C) groups is 1. The fraction of sp³-hybridized carbons (Fsp3) is 0.623. The number of fused-ring (bicyclic) bond motifs is 1. The van der Waals surface area contributed by atoms with Crippen molar-refractivity contribution in [3.63, 3.8) is 0 Å². The topological polar surface area (TPSA) is 126 Å². The van der Waals surface area contributed by atoms with Crippen molar-refractivity contribution in [1.82, 2.24) is 9.13 Å². The normalized spacial score (nSPS) is 13.1. The van der Waals surface area contributed by atoms with Gasteiger partial charge in [-0.3, -0.25) is 23.7 Å². The summed E-state index contributed by atoms with van der Waals surface area (Å²) in [4.78, 5) is 32.3. The Morgan fingerprint density at radius 3 is 1.75 bits per heavy atom. The van der Waals surface area contributed by atoms with E-state index in [0.717, 1.165) is 88.4 Å². The lowest BCUT2D eigenvalue weighted by Gasteiger charge is -2.22. The number of anilines is 1. The number of carbonyl (C=O) groups is 1. The molecule has 3 aromatic rings. The molecule has 0 spiro atoms. The first kappa shape index (κ1) is 53.0. The first-order chi connectivity index (χ1) is 31.6. The van der Waals surface area contributed by atoms with E-state index < -0.39 is 5.56 Å². The maximum absolute atomic E-state index is 14.3. The minimum atomic E-state index is -0.478. The monoisotopic (exact) mass is 917 g/mol. The van der Waals surface area contributed by atoms with Crippen molar-refractivity contribution in [2.24, 2.45) is 19.1 Å². The number of nitrogens with one attached hydrogen (secondary N) is 1. The molecule has 1 aliphatic rings. The molecular formula is C53H80N4O7S. The zero-order chi connectivity index (χ0) is 46.8. The number of Topliss-reactive ketones (excluding diaryl/α,β-unsaturated/α-hetero) is 1. The Kier molecular flexibility index (Phi) is 24.4. The summed E-state index contributed by atoms with van der Waals surface area (Å²) < 4.78 is 28.3. The Bertz CT molecular complexity index is 2110. The van der Waals surface area contributed by atoms with E-state index in [-0.39, 0.29) is 28.6 Å². The second-order valence-corrected chi connectivity index (χ2v) is 17.9. The Hall–Kier alpha value is -4.58. The first-order valence-electron chi connectivity index (χ1n) is 25.0. The molecule has 0 amide bonds. The fourth-order valence-electron chi connectivity index (χ4n) is 7.94. The highest BCUT2D eigenvalue weighted by Crippen LogP contribution is 2.40. The third-order valence-corrected chi connectivity index (χ3v) is 12.7. The largest absolute Gasteiger partial charge is 0.494 e. The molecule has 2 N–H and O–H groups in total. The van der Waals surface area contributed by atoms with Gasteiger partial charge in [0.1, 0.15) is 23.7 Å². The van der Waals surface area contributed by atoms with Crippen molar-refractivity contribution < 1.29 is 28.8 Å². The van der Waals surface area contributed by atoms with Gasteiger partial charge in [0.05, 0.1) is 42.3 Å². The van der Waals surface area contributed by atoms with Crippen LogP contribution in [-0.2, 0) is 20.5 Å². The molecule has 0 aliphatic carbocycles. The van der Waals surface area contributed by atoms with E-state index in [1.54, 1.807) is 26.4 Å². The molecule has 0 fully saturated rings. The Morgan fingerprint density at radius 2 is 1.18 bits per heavy atom. The Morgan fingerprint density at radius 1 is 0.677 bits per heavy atom. The summed E-state index contributed by atoms with van der Waals surface area (Å²) in [6.07, 6.45) is 28.9. The molecule has 12 heteroatoms. The van der Waals surface area contributed by atoms with E-state index in [0.29, 0.717) is 59.6 Å². The number of rotatable bonds is 33. The zero-order valence-corrected chi connectivity index (χ0v) is 41.5. The van der Waals surface area contributed by atoms with Gasteiger partial charge >= 0.3 is 0 Å². The van der Waals surface area contributed by atoms with Crippen LogP contribution in [0.4, 0.5) is 11.4 Å². The van der Waals surface area contributed by atoms with Crippen LogP contribution in [0.3, 0.4) is 0 Å². The van der Waals surface area contributed by atoms with Gasteiger partial charge in [0.2, 0.25) is 5.88 Å². The number of ketones is 1. The molecule has 2 aromatic carbocycles. The van der Waals surface area contributed by atoms with Crippen LogP contribution in [0.1, 0.15) is 190 Å². The Labute approximate surface area is 395 Å². The molecule has 0 radical (unpaired) electrons.